The van der Waals surface area contributed by atoms with Crippen molar-refractivity contribution < 1.29 is 9.53 Å². The second kappa shape index (κ2) is 5.49. The van der Waals surface area contributed by atoms with Gasteiger partial charge in [-0.2, -0.15) is 5.10 Å². The van der Waals surface area contributed by atoms with E-state index in [-0.39, 0.29) is 12.4 Å². The van der Waals surface area contributed by atoms with E-state index in [1.54, 1.807) is 0 Å². The highest BCUT2D eigenvalue weighted by Gasteiger charge is 2.16. The van der Waals surface area contributed by atoms with Crippen LogP contribution in [0.25, 0.3) is 5.69 Å². The highest BCUT2D eigenvalue weighted by atomic mass is 16.5. The molecular formula is C16H20N2O2. The third-order valence-electron chi connectivity index (χ3n) is 3.73. The summed E-state index contributed by atoms with van der Waals surface area (Å²) in [4.78, 5) is 11.5. The van der Waals surface area contributed by atoms with Gasteiger partial charge in [-0.3, -0.25) is 4.79 Å². The van der Waals surface area contributed by atoms with Crippen molar-refractivity contribution >= 4 is 5.97 Å². The highest BCUT2D eigenvalue weighted by molar-refractivity contribution is 5.73. The van der Waals surface area contributed by atoms with E-state index >= 15 is 0 Å². The van der Waals surface area contributed by atoms with Gasteiger partial charge in [-0.1, -0.05) is 6.07 Å². The third-order valence-corrected chi connectivity index (χ3v) is 3.73. The summed E-state index contributed by atoms with van der Waals surface area (Å²) in [6, 6.07) is 6.24. The molecule has 4 heteroatoms. The number of esters is 1. The van der Waals surface area contributed by atoms with Crippen molar-refractivity contribution in [2.75, 3.05) is 7.11 Å². The molecule has 4 nitrogen and oxygen atoms in total. The first-order chi connectivity index (χ1) is 9.43. The largest absolute Gasteiger partial charge is 0.469 e. The predicted octanol–water partition coefficient (Wildman–Crippen LogP) is 2.82. The second-order valence-corrected chi connectivity index (χ2v) is 5.08. The minimum absolute atomic E-state index is 0.240. The van der Waals surface area contributed by atoms with Crippen molar-refractivity contribution in [1.29, 1.82) is 0 Å². The lowest BCUT2D eigenvalue weighted by atomic mass is 10.1. The van der Waals surface area contributed by atoms with E-state index in [0.717, 1.165) is 22.6 Å². The summed E-state index contributed by atoms with van der Waals surface area (Å²) in [7, 11) is 1.40. The quantitative estimate of drug-likeness (QED) is 0.807. The lowest BCUT2D eigenvalue weighted by Crippen LogP contribution is -2.06. The van der Waals surface area contributed by atoms with Gasteiger partial charge in [0.25, 0.3) is 0 Å². The van der Waals surface area contributed by atoms with Crippen LogP contribution in [0.2, 0.25) is 0 Å². The van der Waals surface area contributed by atoms with Crippen LogP contribution in [0.5, 0.6) is 0 Å². The summed E-state index contributed by atoms with van der Waals surface area (Å²) in [5.41, 5.74) is 6.29. The Morgan fingerprint density at radius 1 is 1.20 bits per heavy atom. The molecule has 0 atom stereocenters. The first-order valence-electron chi connectivity index (χ1n) is 6.63. The van der Waals surface area contributed by atoms with Crippen LogP contribution >= 0.6 is 0 Å². The van der Waals surface area contributed by atoms with Gasteiger partial charge in [0.1, 0.15) is 0 Å². The maximum absolute atomic E-state index is 11.5. The first kappa shape index (κ1) is 14.3. The highest BCUT2D eigenvalue weighted by Crippen LogP contribution is 2.20. The lowest BCUT2D eigenvalue weighted by molar-refractivity contribution is -0.139. The lowest BCUT2D eigenvalue weighted by Gasteiger charge is -2.08. The number of ether oxygens (including phenoxy) is 1. The molecular weight excluding hydrogens is 252 g/mol. The van der Waals surface area contributed by atoms with E-state index in [0.29, 0.717) is 0 Å². The Labute approximate surface area is 119 Å². The average molecular weight is 272 g/mol. The standard InChI is InChI=1S/C16H20N2O2/c1-10-6-7-14(8-11(10)2)18-13(4)15(12(3)17-18)9-16(19)20-5/h6-8H,9H2,1-5H3. The molecule has 1 heterocycles. The van der Waals surface area contributed by atoms with E-state index in [4.69, 9.17) is 4.74 Å². The number of carbonyl (C=O) groups excluding carboxylic acids is 1. The molecule has 0 spiro atoms. The summed E-state index contributed by atoms with van der Waals surface area (Å²) < 4.78 is 6.63. The van der Waals surface area contributed by atoms with Crippen molar-refractivity contribution in [3.05, 3.63) is 46.3 Å². The Kier molecular flexibility index (Phi) is 3.93. The fourth-order valence-electron chi connectivity index (χ4n) is 2.26. The molecule has 0 bridgehead atoms. The zero-order chi connectivity index (χ0) is 14.9. The maximum atomic E-state index is 11.5. The summed E-state index contributed by atoms with van der Waals surface area (Å²) in [6.07, 6.45) is 0.263. The zero-order valence-electron chi connectivity index (χ0n) is 12.7. The summed E-state index contributed by atoms with van der Waals surface area (Å²) >= 11 is 0. The topological polar surface area (TPSA) is 44.1 Å². The van der Waals surface area contributed by atoms with Gasteiger partial charge in [-0.05, 0) is 51.0 Å². The van der Waals surface area contributed by atoms with Crippen molar-refractivity contribution in [2.24, 2.45) is 0 Å². The van der Waals surface area contributed by atoms with E-state index in [1.807, 2.05) is 24.6 Å². The van der Waals surface area contributed by atoms with Crippen molar-refractivity contribution in [3.8, 4) is 5.69 Å². The van der Waals surface area contributed by atoms with Gasteiger partial charge in [-0.25, -0.2) is 4.68 Å². The van der Waals surface area contributed by atoms with Crippen molar-refractivity contribution in [1.82, 2.24) is 9.78 Å². The molecule has 0 unspecified atom stereocenters. The van der Waals surface area contributed by atoms with Crippen LogP contribution in [-0.2, 0) is 16.0 Å². The molecule has 1 aromatic carbocycles. The first-order valence-corrected chi connectivity index (χ1v) is 6.63. The van der Waals surface area contributed by atoms with Crippen LogP contribution in [0, 0.1) is 27.7 Å². The van der Waals surface area contributed by atoms with E-state index in [2.05, 4.69) is 31.1 Å². The number of aryl methyl sites for hydroxylation is 3. The molecule has 0 radical (unpaired) electrons. The molecule has 2 aromatic rings. The molecule has 0 N–H and O–H groups in total. The normalized spacial score (nSPS) is 10.7. The fraction of sp³-hybridized carbons (Fsp3) is 0.375. The van der Waals surface area contributed by atoms with Gasteiger partial charge >= 0.3 is 5.97 Å². The van der Waals surface area contributed by atoms with Crippen molar-refractivity contribution in [3.63, 3.8) is 0 Å². The Hall–Kier alpha value is -2.10. The summed E-state index contributed by atoms with van der Waals surface area (Å²) in [6.45, 7) is 8.07. The van der Waals surface area contributed by atoms with Crippen LogP contribution in [-0.4, -0.2) is 22.9 Å². The van der Waals surface area contributed by atoms with E-state index < -0.39 is 0 Å². The van der Waals surface area contributed by atoms with Crippen molar-refractivity contribution in [2.45, 2.75) is 34.1 Å². The smallest absolute Gasteiger partial charge is 0.310 e. The van der Waals surface area contributed by atoms with Crippen LogP contribution in [0.4, 0.5) is 0 Å². The minimum Gasteiger partial charge on any atom is -0.469 e. The molecule has 0 aliphatic carbocycles. The van der Waals surface area contributed by atoms with Gasteiger partial charge < -0.3 is 4.74 Å². The Morgan fingerprint density at radius 3 is 2.50 bits per heavy atom. The van der Waals surface area contributed by atoms with E-state index in [1.165, 1.54) is 18.2 Å². The molecule has 0 aliphatic rings. The molecule has 2 rings (SSSR count). The Morgan fingerprint density at radius 2 is 1.90 bits per heavy atom. The maximum Gasteiger partial charge on any atom is 0.310 e. The number of methoxy groups -OCH3 is 1. The molecule has 1 aromatic heterocycles. The number of aromatic nitrogens is 2. The summed E-state index contributed by atoms with van der Waals surface area (Å²) in [5.74, 6) is -0.240. The van der Waals surface area contributed by atoms with Crippen LogP contribution < -0.4 is 0 Å². The van der Waals surface area contributed by atoms with Crippen LogP contribution in [0.15, 0.2) is 18.2 Å². The molecule has 0 aliphatic heterocycles. The van der Waals surface area contributed by atoms with Crippen LogP contribution in [0.3, 0.4) is 0 Å². The number of rotatable bonds is 3. The SMILES string of the molecule is COC(=O)Cc1c(C)nn(-c2ccc(C)c(C)c2)c1C. The minimum atomic E-state index is -0.240. The predicted molar refractivity (Wildman–Crippen MR) is 78.2 cm³/mol. The number of benzene rings is 1. The van der Waals surface area contributed by atoms with Gasteiger partial charge in [0.15, 0.2) is 0 Å². The zero-order valence-corrected chi connectivity index (χ0v) is 12.7. The fourth-order valence-corrected chi connectivity index (χ4v) is 2.26. The number of hydrogen-bond donors (Lipinski definition) is 0. The van der Waals surface area contributed by atoms with Gasteiger partial charge in [-0.15, -0.1) is 0 Å². The molecule has 0 saturated heterocycles. The van der Waals surface area contributed by atoms with Gasteiger partial charge in [0.05, 0.1) is 24.9 Å². The monoisotopic (exact) mass is 272 g/mol. The number of hydrogen-bond acceptors (Lipinski definition) is 3. The Balaban J connectivity index is 2.45. The number of nitrogens with zero attached hydrogens (tertiary/aromatic N) is 2. The van der Waals surface area contributed by atoms with Gasteiger partial charge in [0, 0.05) is 11.3 Å². The van der Waals surface area contributed by atoms with Gasteiger partial charge in [0.2, 0.25) is 0 Å². The second-order valence-electron chi connectivity index (χ2n) is 5.08. The summed E-state index contributed by atoms with van der Waals surface area (Å²) in [5, 5.41) is 4.55. The Bertz CT molecular complexity index is 657. The van der Waals surface area contributed by atoms with E-state index in [9.17, 15) is 4.79 Å². The van der Waals surface area contributed by atoms with Crippen LogP contribution in [0.1, 0.15) is 28.1 Å². The molecule has 0 amide bonds. The average Bonchev–Trinajstić information content (AvgIpc) is 2.69. The number of carbonyl (C=O) groups is 1. The molecule has 20 heavy (non-hydrogen) atoms. The molecule has 0 saturated carbocycles. The third kappa shape index (κ3) is 2.59. The molecule has 0 fully saturated rings. The molecule has 106 valence electrons.